The monoisotopic (exact) mass is 293 g/mol. The van der Waals surface area contributed by atoms with Crippen LogP contribution in [0.5, 0.6) is 0 Å². The van der Waals surface area contributed by atoms with Gasteiger partial charge in [-0.3, -0.25) is 14.9 Å². The summed E-state index contributed by atoms with van der Waals surface area (Å²) in [6.45, 7) is 2.44. The summed E-state index contributed by atoms with van der Waals surface area (Å²) in [6.07, 6.45) is 0. The Kier molecular flexibility index (Phi) is 2.82. The lowest BCUT2D eigenvalue weighted by atomic mass is 9.99. The number of nitrogens with zero attached hydrogens (tertiary/aromatic N) is 3. The van der Waals surface area contributed by atoms with E-state index in [-0.39, 0.29) is 5.69 Å². The molecular weight excluding hydrogens is 282 g/mol. The number of fused-ring (bicyclic) bond motifs is 1. The van der Waals surface area contributed by atoms with Gasteiger partial charge in [-0.2, -0.15) is 0 Å². The number of aliphatic carboxylic acids is 1. The number of carboxylic acids is 1. The van der Waals surface area contributed by atoms with Crippen LogP contribution in [0.1, 0.15) is 5.01 Å². The molecule has 2 heterocycles. The Morgan fingerprint density at radius 1 is 1.55 bits per heavy atom. The van der Waals surface area contributed by atoms with Crippen LogP contribution in [0.15, 0.2) is 12.1 Å². The molecule has 20 heavy (non-hydrogen) atoms. The van der Waals surface area contributed by atoms with Crippen molar-refractivity contribution in [2.24, 2.45) is 5.92 Å². The van der Waals surface area contributed by atoms with Crippen LogP contribution in [0.3, 0.4) is 0 Å². The predicted molar refractivity (Wildman–Crippen MR) is 74.4 cm³/mol. The number of rotatable bonds is 3. The third-order valence-corrected chi connectivity index (χ3v) is 4.29. The molecule has 0 spiro atoms. The van der Waals surface area contributed by atoms with Crippen molar-refractivity contribution in [3.05, 3.63) is 27.3 Å². The first kappa shape index (κ1) is 12.8. The number of nitro benzene ring substituents is 1. The molecule has 104 valence electrons. The number of anilines is 1. The number of aryl methyl sites for hydroxylation is 1. The zero-order valence-corrected chi connectivity index (χ0v) is 11.4. The van der Waals surface area contributed by atoms with Gasteiger partial charge < -0.3 is 10.0 Å². The fourth-order valence-electron chi connectivity index (χ4n) is 2.30. The van der Waals surface area contributed by atoms with E-state index in [1.54, 1.807) is 11.0 Å². The van der Waals surface area contributed by atoms with E-state index in [0.717, 1.165) is 9.71 Å². The summed E-state index contributed by atoms with van der Waals surface area (Å²) in [6, 6.07) is 3.19. The smallest absolute Gasteiger partial charge is 0.310 e. The molecule has 1 saturated heterocycles. The van der Waals surface area contributed by atoms with E-state index in [2.05, 4.69) is 4.98 Å². The van der Waals surface area contributed by atoms with Crippen LogP contribution in [0.4, 0.5) is 11.4 Å². The Balaban J connectivity index is 2.02. The molecule has 1 fully saturated rings. The standard InChI is InChI=1S/C12H11N3O4S/c1-6-13-8-2-9(14-4-7(5-14)12(16)17)10(15(18)19)3-11(8)20-6/h2-3,7H,4-5H2,1H3,(H,16,17). The maximum atomic E-state index is 11.2. The first-order valence-electron chi connectivity index (χ1n) is 5.99. The second-order valence-corrected chi connectivity index (χ2v) is 5.97. The molecule has 0 aliphatic carbocycles. The lowest BCUT2D eigenvalue weighted by molar-refractivity contribution is -0.384. The van der Waals surface area contributed by atoms with E-state index in [9.17, 15) is 14.9 Å². The lowest BCUT2D eigenvalue weighted by Gasteiger charge is -2.38. The molecule has 0 radical (unpaired) electrons. The first-order chi connectivity index (χ1) is 9.45. The van der Waals surface area contributed by atoms with E-state index >= 15 is 0 Å². The molecule has 1 aromatic carbocycles. The largest absolute Gasteiger partial charge is 0.481 e. The van der Waals surface area contributed by atoms with E-state index < -0.39 is 16.8 Å². The molecule has 0 atom stereocenters. The Morgan fingerprint density at radius 2 is 2.25 bits per heavy atom. The number of carbonyl (C=O) groups is 1. The minimum atomic E-state index is -0.866. The number of nitro groups is 1. The molecule has 8 heteroatoms. The van der Waals surface area contributed by atoms with Crippen molar-refractivity contribution >= 4 is 38.9 Å². The number of hydrogen-bond donors (Lipinski definition) is 1. The Bertz CT molecular complexity index is 721. The second-order valence-electron chi connectivity index (χ2n) is 4.74. The van der Waals surface area contributed by atoms with Crippen LogP contribution in [-0.2, 0) is 4.79 Å². The van der Waals surface area contributed by atoms with Crippen LogP contribution < -0.4 is 4.90 Å². The average Bonchev–Trinajstić information content (AvgIpc) is 2.64. The molecule has 0 bridgehead atoms. The highest BCUT2D eigenvalue weighted by Gasteiger charge is 2.36. The van der Waals surface area contributed by atoms with Crippen molar-refractivity contribution in [2.45, 2.75) is 6.92 Å². The van der Waals surface area contributed by atoms with Gasteiger partial charge in [0.1, 0.15) is 5.69 Å². The summed E-state index contributed by atoms with van der Waals surface area (Å²) < 4.78 is 0.772. The normalized spacial score (nSPS) is 15.3. The fourth-order valence-corrected chi connectivity index (χ4v) is 3.14. The van der Waals surface area contributed by atoms with Crippen molar-refractivity contribution in [1.29, 1.82) is 0 Å². The SMILES string of the molecule is Cc1nc2cc(N3CC(C(=O)O)C3)c([N+](=O)[O-])cc2s1. The highest BCUT2D eigenvalue weighted by molar-refractivity contribution is 7.18. The van der Waals surface area contributed by atoms with Crippen molar-refractivity contribution in [2.75, 3.05) is 18.0 Å². The summed E-state index contributed by atoms with van der Waals surface area (Å²) in [4.78, 5) is 27.6. The van der Waals surface area contributed by atoms with Crippen LogP contribution in [0.25, 0.3) is 10.2 Å². The van der Waals surface area contributed by atoms with Crippen molar-refractivity contribution in [3.63, 3.8) is 0 Å². The Morgan fingerprint density at radius 3 is 2.85 bits per heavy atom. The third kappa shape index (κ3) is 1.97. The molecule has 1 aliphatic heterocycles. The molecule has 2 aromatic rings. The van der Waals surface area contributed by atoms with Crippen molar-refractivity contribution in [3.8, 4) is 0 Å². The van der Waals surface area contributed by atoms with Gasteiger partial charge in [0.25, 0.3) is 5.69 Å². The number of carboxylic acid groups (broad SMARTS) is 1. The minimum Gasteiger partial charge on any atom is -0.481 e. The Hall–Kier alpha value is -2.22. The summed E-state index contributed by atoms with van der Waals surface area (Å²) in [5.74, 6) is -1.32. The summed E-state index contributed by atoms with van der Waals surface area (Å²) in [7, 11) is 0. The highest BCUT2D eigenvalue weighted by atomic mass is 32.1. The summed E-state index contributed by atoms with van der Waals surface area (Å²) in [5, 5.41) is 20.9. The molecule has 1 aromatic heterocycles. The molecule has 0 unspecified atom stereocenters. The molecule has 3 rings (SSSR count). The maximum absolute atomic E-state index is 11.2. The van der Waals surface area contributed by atoms with Gasteiger partial charge in [-0.15, -0.1) is 11.3 Å². The molecule has 1 N–H and O–H groups in total. The molecule has 7 nitrogen and oxygen atoms in total. The van der Waals surface area contributed by atoms with Gasteiger partial charge in [0.15, 0.2) is 0 Å². The number of hydrogen-bond acceptors (Lipinski definition) is 6. The third-order valence-electron chi connectivity index (χ3n) is 3.36. The van der Waals surface area contributed by atoms with E-state index in [1.165, 1.54) is 17.4 Å². The average molecular weight is 293 g/mol. The van der Waals surface area contributed by atoms with Gasteiger partial charge >= 0.3 is 5.97 Å². The lowest BCUT2D eigenvalue weighted by Crippen LogP contribution is -2.50. The van der Waals surface area contributed by atoms with Crippen LogP contribution in [-0.4, -0.2) is 34.1 Å². The minimum absolute atomic E-state index is 0.00462. The van der Waals surface area contributed by atoms with Crippen LogP contribution in [0.2, 0.25) is 0 Å². The first-order valence-corrected chi connectivity index (χ1v) is 6.80. The van der Waals surface area contributed by atoms with Gasteiger partial charge in [-0.1, -0.05) is 0 Å². The van der Waals surface area contributed by atoms with E-state index in [4.69, 9.17) is 5.11 Å². The number of thiazole rings is 1. The summed E-state index contributed by atoms with van der Waals surface area (Å²) in [5.41, 5.74) is 1.17. The van der Waals surface area contributed by atoms with Gasteiger partial charge in [-0.25, -0.2) is 4.98 Å². The molecular formula is C12H11N3O4S. The number of aromatic nitrogens is 1. The zero-order valence-electron chi connectivity index (χ0n) is 10.6. The molecule has 0 amide bonds. The highest BCUT2D eigenvalue weighted by Crippen LogP contribution is 2.38. The molecule has 1 aliphatic rings. The van der Waals surface area contributed by atoms with E-state index in [1.807, 2.05) is 6.92 Å². The zero-order chi connectivity index (χ0) is 14.4. The quantitative estimate of drug-likeness (QED) is 0.687. The van der Waals surface area contributed by atoms with Crippen LogP contribution in [0, 0.1) is 23.0 Å². The predicted octanol–water partition coefficient (Wildman–Crippen LogP) is 2.03. The van der Waals surface area contributed by atoms with Gasteiger partial charge in [0.2, 0.25) is 0 Å². The topological polar surface area (TPSA) is 96.6 Å². The van der Waals surface area contributed by atoms with Gasteiger partial charge in [0.05, 0.1) is 26.1 Å². The number of benzene rings is 1. The van der Waals surface area contributed by atoms with Crippen molar-refractivity contribution < 1.29 is 14.8 Å². The summed E-state index contributed by atoms with van der Waals surface area (Å²) >= 11 is 1.41. The fraction of sp³-hybridized carbons (Fsp3) is 0.333. The van der Waals surface area contributed by atoms with Gasteiger partial charge in [-0.05, 0) is 13.0 Å². The second kappa shape index (κ2) is 4.41. The van der Waals surface area contributed by atoms with Crippen molar-refractivity contribution in [1.82, 2.24) is 4.98 Å². The maximum Gasteiger partial charge on any atom is 0.310 e. The molecule has 0 saturated carbocycles. The Labute approximate surface area is 117 Å². The van der Waals surface area contributed by atoms with Crippen LogP contribution >= 0.6 is 11.3 Å². The van der Waals surface area contributed by atoms with Gasteiger partial charge in [0, 0.05) is 19.2 Å². The van der Waals surface area contributed by atoms with E-state index in [0.29, 0.717) is 24.3 Å².